The number of amides is 2. The van der Waals surface area contributed by atoms with E-state index in [2.05, 4.69) is 60.7 Å². The molecule has 0 aliphatic heterocycles. The number of carbonyl (C=O) groups excluding carboxylic acids is 2. The molecule has 0 saturated heterocycles. The smallest absolute Gasteiger partial charge is 0.434 e. The number of hydrogen-bond donors (Lipinski definition) is 2. The van der Waals surface area contributed by atoms with Crippen LogP contribution in [0.2, 0.25) is 0 Å². The van der Waals surface area contributed by atoms with Gasteiger partial charge in [0.25, 0.3) is 0 Å². The zero-order valence-electron chi connectivity index (χ0n) is 28.5. The lowest BCUT2D eigenvalue weighted by Crippen LogP contribution is -2.42. The van der Waals surface area contributed by atoms with Gasteiger partial charge in [0.05, 0.1) is 12.1 Å². The van der Waals surface area contributed by atoms with Crippen molar-refractivity contribution < 1.29 is 29.5 Å². The van der Waals surface area contributed by atoms with Gasteiger partial charge in [0.1, 0.15) is 11.2 Å². The van der Waals surface area contributed by atoms with Crippen molar-refractivity contribution >= 4 is 33.7 Å². The summed E-state index contributed by atoms with van der Waals surface area (Å²) in [6, 6.07) is 27.9. The maximum Gasteiger partial charge on any atom is 0.434 e. The van der Waals surface area contributed by atoms with Crippen LogP contribution >= 0.6 is 0 Å². The fraction of sp³-hybridized carbons (Fsp3) is 0.350. The van der Waals surface area contributed by atoms with E-state index in [0.717, 1.165) is 42.8 Å². The third-order valence-electron chi connectivity index (χ3n) is 8.43. The van der Waals surface area contributed by atoms with Crippen molar-refractivity contribution in [1.29, 1.82) is 0 Å². The Kier molecular flexibility index (Phi) is 10.3. The summed E-state index contributed by atoms with van der Waals surface area (Å²) < 4.78 is 10.6. The summed E-state index contributed by atoms with van der Waals surface area (Å²) in [5, 5.41) is 26.9. The highest BCUT2D eigenvalue weighted by atomic mass is 16.6. The monoisotopic (exact) mass is 650 g/mol. The minimum absolute atomic E-state index is 0.0615. The average molecular weight is 651 g/mol. The van der Waals surface area contributed by atoms with Gasteiger partial charge >= 0.3 is 12.2 Å². The first kappa shape index (κ1) is 34.7. The molecule has 0 fully saturated rings. The molecule has 2 amide bonds. The summed E-state index contributed by atoms with van der Waals surface area (Å²) >= 11 is 0. The van der Waals surface area contributed by atoms with Crippen LogP contribution in [-0.2, 0) is 9.47 Å². The third kappa shape index (κ3) is 8.06. The first-order valence-corrected chi connectivity index (χ1v) is 16.4. The molecule has 0 bridgehead atoms. The Balaban J connectivity index is 0.000000188. The Hall–Kier alpha value is -4.66. The predicted octanol–water partition coefficient (Wildman–Crippen LogP) is 9.76. The summed E-state index contributed by atoms with van der Waals surface area (Å²) in [6.07, 6.45) is 7.91. The molecular formula is C40H46N2O6. The lowest BCUT2D eigenvalue weighted by molar-refractivity contribution is -0.120. The average Bonchev–Trinajstić information content (AvgIpc) is 3.73. The Morgan fingerprint density at radius 1 is 0.583 bits per heavy atom. The molecule has 8 nitrogen and oxygen atoms in total. The van der Waals surface area contributed by atoms with Crippen LogP contribution in [-0.4, -0.2) is 56.0 Å². The Morgan fingerprint density at radius 3 is 1.31 bits per heavy atom. The summed E-state index contributed by atoms with van der Waals surface area (Å²) in [6.45, 7) is 10.7. The zero-order valence-corrected chi connectivity index (χ0v) is 28.5. The number of fused-ring (bicyclic) bond motifs is 2. The van der Waals surface area contributed by atoms with E-state index in [0.29, 0.717) is 12.8 Å². The second-order valence-corrected chi connectivity index (χ2v) is 14.3. The Labute approximate surface area is 282 Å². The fourth-order valence-electron chi connectivity index (χ4n) is 6.38. The standard InChI is InChI=1S/2C20H23NO3/c2*1-20(2,3)24-19(22)21(23)18-13-7-12-17(18)16-11-6-9-14-8-4-5-10-15(14)16/h2*4-12,17-18,23H,13H2,1-3H3/t2*17-,18+/m11/s1. The van der Waals surface area contributed by atoms with Gasteiger partial charge in [-0.25, -0.2) is 9.59 Å². The van der Waals surface area contributed by atoms with Crippen molar-refractivity contribution in [1.82, 2.24) is 10.1 Å². The number of benzene rings is 4. The number of ether oxygens (including phenoxy) is 2. The minimum Gasteiger partial charge on any atom is -0.442 e. The lowest BCUT2D eigenvalue weighted by atomic mass is 9.90. The van der Waals surface area contributed by atoms with Crippen LogP contribution in [0.5, 0.6) is 0 Å². The molecule has 0 unspecified atom stereocenters. The van der Waals surface area contributed by atoms with Gasteiger partial charge in [-0.3, -0.25) is 10.4 Å². The zero-order chi connectivity index (χ0) is 34.6. The molecule has 252 valence electrons. The number of rotatable bonds is 4. The highest BCUT2D eigenvalue weighted by Crippen LogP contribution is 2.38. The van der Waals surface area contributed by atoms with Gasteiger partial charge in [-0.2, -0.15) is 10.1 Å². The fourth-order valence-corrected chi connectivity index (χ4v) is 6.38. The SMILES string of the molecule is CC(C)(C)OC(=O)N(O)[C@H]1CC=C[C@@H]1c1cccc2ccccc12.CC(C)(C)OC(=O)N(O)[C@H]1CC=C[C@@H]1c1cccc2ccccc12. The van der Waals surface area contributed by atoms with Gasteiger partial charge in [0.15, 0.2) is 0 Å². The summed E-state index contributed by atoms with van der Waals surface area (Å²) in [7, 11) is 0. The number of hydroxylamine groups is 4. The molecule has 4 aromatic carbocycles. The van der Waals surface area contributed by atoms with Crippen LogP contribution in [0.1, 0.15) is 77.3 Å². The molecular weight excluding hydrogens is 604 g/mol. The van der Waals surface area contributed by atoms with Crippen molar-refractivity contribution in [3.63, 3.8) is 0 Å². The highest BCUT2D eigenvalue weighted by molar-refractivity contribution is 5.87. The third-order valence-corrected chi connectivity index (χ3v) is 8.43. The van der Waals surface area contributed by atoms with Crippen LogP contribution < -0.4 is 0 Å². The second kappa shape index (κ2) is 14.2. The molecule has 0 heterocycles. The molecule has 48 heavy (non-hydrogen) atoms. The normalized spacial score (nSPS) is 20.3. The molecule has 0 saturated carbocycles. The molecule has 0 aromatic heterocycles. The van der Waals surface area contributed by atoms with Gasteiger partial charge in [0.2, 0.25) is 0 Å². The van der Waals surface area contributed by atoms with Gasteiger partial charge in [-0.05, 0) is 87.1 Å². The van der Waals surface area contributed by atoms with Crippen molar-refractivity contribution in [2.75, 3.05) is 0 Å². The summed E-state index contributed by atoms with van der Waals surface area (Å²) in [4.78, 5) is 24.4. The first-order chi connectivity index (χ1) is 22.7. The summed E-state index contributed by atoms with van der Waals surface area (Å²) in [5.41, 5.74) is 0.932. The minimum atomic E-state index is -0.707. The van der Waals surface area contributed by atoms with E-state index in [1.807, 2.05) is 48.6 Å². The molecule has 0 radical (unpaired) electrons. The topological polar surface area (TPSA) is 99.5 Å². The highest BCUT2D eigenvalue weighted by Gasteiger charge is 2.36. The first-order valence-electron chi connectivity index (χ1n) is 16.4. The quantitative estimate of drug-likeness (QED) is 0.130. The summed E-state index contributed by atoms with van der Waals surface area (Å²) in [5.74, 6) is -0.123. The molecule has 2 aliphatic rings. The largest absolute Gasteiger partial charge is 0.442 e. The van der Waals surface area contributed by atoms with Crippen LogP contribution in [0.4, 0.5) is 9.59 Å². The van der Waals surface area contributed by atoms with Gasteiger partial charge < -0.3 is 9.47 Å². The van der Waals surface area contributed by atoms with E-state index in [1.165, 1.54) is 0 Å². The molecule has 8 heteroatoms. The molecule has 4 atom stereocenters. The van der Waals surface area contributed by atoms with Crippen LogP contribution in [0.15, 0.2) is 109 Å². The number of carbonyl (C=O) groups is 2. The van der Waals surface area contributed by atoms with E-state index in [4.69, 9.17) is 9.47 Å². The van der Waals surface area contributed by atoms with Gasteiger partial charge in [0, 0.05) is 11.8 Å². The molecule has 2 aliphatic carbocycles. The molecule has 4 aromatic rings. The van der Waals surface area contributed by atoms with Crippen molar-refractivity contribution in [3.8, 4) is 0 Å². The Bertz CT molecular complexity index is 1670. The van der Waals surface area contributed by atoms with E-state index in [-0.39, 0.29) is 23.9 Å². The van der Waals surface area contributed by atoms with Gasteiger partial charge in [-0.1, -0.05) is 109 Å². The van der Waals surface area contributed by atoms with Crippen LogP contribution in [0.3, 0.4) is 0 Å². The lowest BCUT2D eigenvalue weighted by Gasteiger charge is -2.30. The second-order valence-electron chi connectivity index (χ2n) is 14.3. The molecule has 0 spiro atoms. The van der Waals surface area contributed by atoms with Gasteiger partial charge in [-0.15, -0.1) is 0 Å². The van der Waals surface area contributed by atoms with E-state index >= 15 is 0 Å². The van der Waals surface area contributed by atoms with Crippen molar-refractivity contribution in [2.24, 2.45) is 0 Å². The van der Waals surface area contributed by atoms with E-state index in [1.54, 1.807) is 41.5 Å². The molecule has 2 N–H and O–H groups in total. The number of nitrogens with zero attached hydrogens (tertiary/aromatic N) is 2. The van der Waals surface area contributed by atoms with E-state index < -0.39 is 23.4 Å². The Morgan fingerprint density at radius 2 is 0.938 bits per heavy atom. The molecule has 6 rings (SSSR count). The number of hydrogen-bond acceptors (Lipinski definition) is 6. The maximum absolute atomic E-state index is 12.2. The van der Waals surface area contributed by atoms with Crippen molar-refractivity contribution in [2.45, 2.75) is 89.5 Å². The predicted molar refractivity (Wildman–Crippen MR) is 188 cm³/mol. The van der Waals surface area contributed by atoms with Crippen molar-refractivity contribution in [3.05, 3.63) is 120 Å². The van der Waals surface area contributed by atoms with Crippen LogP contribution in [0, 0.1) is 0 Å². The van der Waals surface area contributed by atoms with Crippen LogP contribution in [0.25, 0.3) is 21.5 Å². The van der Waals surface area contributed by atoms with E-state index in [9.17, 15) is 20.0 Å². The maximum atomic E-state index is 12.2.